The molecule has 5 N–H and O–H groups in total. The van der Waals surface area contributed by atoms with Gasteiger partial charge >= 0.3 is 6.03 Å². The van der Waals surface area contributed by atoms with Crippen LogP contribution in [0.25, 0.3) is 0 Å². The molecule has 2 aliphatic heterocycles. The Hall–Kier alpha value is -3.15. The summed E-state index contributed by atoms with van der Waals surface area (Å²) in [6.07, 6.45) is 5.99. The molecule has 0 saturated carbocycles. The fraction of sp³-hybridized carbons (Fsp3) is 0.633. The number of fused-ring (bicyclic) bond motifs is 1. The predicted octanol–water partition coefficient (Wildman–Crippen LogP) is 2.60. The summed E-state index contributed by atoms with van der Waals surface area (Å²) < 4.78 is 13.1. The third kappa shape index (κ3) is 11.3. The van der Waals surface area contributed by atoms with Crippen LogP contribution in [-0.4, -0.2) is 71.8 Å². The summed E-state index contributed by atoms with van der Waals surface area (Å²) in [5.74, 6) is -0.105. The lowest BCUT2D eigenvalue weighted by molar-refractivity contribution is -0.130. The van der Waals surface area contributed by atoms with Crippen LogP contribution in [0.4, 0.5) is 9.18 Å². The SMILES string of the molecule is CC(C)C[C@H](NC(=O)Cc1ccc(F)cc1)C(=O)N[C@H](C=O)CCCCNC(=O)CCCC[C@@H]1SC[C@@H]2NC(=O)N[C@@H]21. The molecule has 12 heteroatoms. The van der Waals surface area contributed by atoms with Gasteiger partial charge < -0.3 is 31.4 Å². The second-order valence-electron chi connectivity index (χ2n) is 11.5. The topological polar surface area (TPSA) is 146 Å². The van der Waals surface area contributed by atoms with Crippen molar-refractivity contribution in [3.63, 3.8) is 0 Å². The normalized spacial score (nSPS) is 20.7. The van der Waals surface area contributed by atoms with E-state index in [1.807, 2.05) is 25.6 Å². The smallest absolute Gasteiger partial charge is 0.315 e. The fourth-order valence-corrected chi connectivity index (χ4v) is 6.82. The zero-order chi connectivity index (χ0) is 30.5. The second kappa shape index (κ2) is 17.1. The third-order valence-corrected chi connectivity index (χ3v) is 8.98. The van der Waals surface area contributed by atoms with E-state index in [1.165, 1.54) is 24.3 Å². The number of hydrogen-bond acceptors (Lipinski definition) is 6. The number of halogens is 1. The van der Waals surface area contributed by atoms with Gasteiger partial charge in [0.25, 0.3) is 0 Å². The van der Waals surface area contributed by atoms with Gasteiger partial charge in [-0.2, -0.15) is 11.8 Å². The largest absolute Gasteiger partial charge is 0.356 e. The summed E-state index contributed by atoms with van der Waals surface area (Å²) in [4.78, 5) is 60.8. The highest BCUT2D eigenvalue weighted by Crippen LogP contribution is 2.33. The number of rotatable bonds is 18. The maximum Gasteiger partial charge on any atom is 0.315 e. The minimum absolute atomic E-state index is 0.00377. The number of hydrogen-bond donors (Lipinski definition) is 5. The highest BCUT2D eigenvalue weighted by molar-refractivity contribution is 8.00. The zero-order valence-electron chi connectivity index (χ0n) is 24.5. The van der Waals surface area contributed by atoms with Crippen molar-refractivity contribution in [2.45, 2.75) is 101 Å². The van der Waals surface area contributed by atoms with Crippen molar-refractivity contribution in [3.8, 4) is 0 Å². The number of aldehydes is 1. The number of nitrogens with one attached hydrogen (secondary N) is 5. The van der Waals surface area contributed by atoms with Crippen LogP contribution in [-0.2, 0) is 25.6 Å². The summed E-state index contributed by atoms with van der Waals surface area (Å²) in [7, 11) is 0. The van der Waals surface area contributed by atoms with Gasteiger partial charge in [-0.15, -0.1) is 0 Å². The van der Waals surface area contributed by atoms with Gasteiger partial charge in [-0.25, -0.2) is 9.18 Å². The van der Waals surface area contributed by atoms with Gasteiger partial charge in [0.05, 0.1) is 24.5 Å². The number of unbranched alkanes of at least 4 members (excludes halogenated alkanes) is 2. The quantitative estimate of drug-likeness (QED) is 0.0988. The van der Waals surface area contributed by atoms with Gasteiger partial charge in [-0.3, -0.25) is 14.4 Å². The minimum Gasteiger partial charge on any atom is -0.356 e. The molecular formula is C30H44FN5O5S. The Bertz CT molecular complexity index is 1070. The number of thioether (sulfide) groups is 1. The highest BCUT2D eigenvalue weighted by atomic mass is 32.2. The molecule has 2 saturated heterocycles. The van der Waals surface area contributed by atoms with Crippen LogP contribution in [0.15, 0.2) is 24.3 Å². The van der Waals surface area contributed by atoms with E-state index < -0.39 is 18.0 Å². The van der Waals surface area contributed by atoms with E-state index in [2.05, 4.69) is 26.6 Å². The summed E-state index contributed by atoms with van der Waals surface area (Å²) in [6, 6.07) is 4.44. The van der Waals surface area contributed by atoms with Crippen LogP contribution in [0.3, 0.4) is 0 Å². The Morgan fingerprint density at radius 3 is 2.52 bits per heavy atom. The molecule has 0 spiro atoms. The van der Waals surface area contributed by atoms with Crippen LogP contribution < -0.4 is 26.6 Å². The Kier molecular flexibility index (Phi) is 13.6. The molecule has 2 fully saturated rings. The summed E-state index contributed by atoms with van der Waals surface area (Å²) in [5.41, 5.74) is 0.634. The van der Waals surface area contributed by atoms with E-state index in [1.54, 1.807) is 0 Å². The van der Waals surface area contributed by atoms with Gasteiger partial charge in [-0.1, -0.05) is 32.4 Å². The van der Waals surface area contributed by atoms with Gasteiger partial charge in [0.1, 0.15) is 18.1 Å². The molecule has 10 nitrogen and oxygen atoms in total. The number of amides is 5. The van der Waals surface area contributed by atoms with E-state index in [0.29, 0.717) is 55.7 Å². The molecule has 0 aliphatic carbocycles. The standard InChI is InChI=1S/C30H44FN5O5S/c1-19(2)15-23(34-27(39)16-20-10-12-21(31)13-11-20)29(40)33-22(17-37)7-5-6-14-32-26(38)9-4-3-8-25-28-24(18-42-25)35-30(41)36-28/h10-13,17,19,22-25,28H,3-9,14-16,18H2,1-2H3,(H,32,38)(H,33,40)(H,34,39)(H2,35,36,41)/t22-,23-,24-,25-,28-/m0/s1. The van der Waals surface area contributed by atoms with Gasteiger partial charge in [0.2, 0.25) is 17.7 Å². The van der Waals surface area contributed by atoms with E-state index in [-0.39, 0.29) is 48.1 Å². The van der Waals surface area contributed by atoms with Crippen LogP contribution in [0, 0.1) is 11.7 Å². The van der Waals surface area contributed by atoms with Crippen molar-refractivity contribution < 1.29 is 28.4 Å². The molecule has 1 aromatic rings. The van der Waals surface area contributed by atoms with Crippen LogP contribution in [0.5, 0.6) is 0 Å². The number of urea groups is 1. The molecule has 5 amide bonds. The Morgan fingerprint density at radius 1 is 1.05 bits per heavy atom. The fourth-order valence-electron chi connectivity index (χ4n) is 5.27. The van der Waals surface area contributed by atoms with Gasteiger partial charge in [0.15, 0.2) is 0 Å². The molecule has 0 unspecified atom stereocenters. The number of benzene rings is 1. The maximum absolute atomic E-state index is 13.1. The molecule has 2 aliphatic rings. The summed E-state index contributed by atoms with van der Waals surface area (Å²) >= 11 is 1.87. The molecule has 1 aromatic carbocycles. The first kappa shape index (κ1) is 33.4. The summed E-state index contributed by atoms with van der Waals surface area (Å²) in [5, 5.41) is 14.7. The van der Waals surface area contributed by atoms with E-state index >= 15 is 0 Å². The second-order valence-corrected chi connectivity index (χ2v) is 12.8. The average molecular weight is 606 g/mol. The first-order valence-electron chi connectivity index (χ1n) is 14.9. The lowest BCUT2D eigenvalue weighted by Gasteiger charge is -2.22. The molecule has 5 atom stereocenters. The van der Waals surface area contributed by atoms with Crippen molar-refractivity contribution in [2.24, 2.45) is 5.92 Å². The van der Waals surface area contributed by atoms with Gasteiger partial charge in [-0.05, 0) is 62.1 Å². The van der Waals surface area contributed by atoms with Crippen LogP contribution in [0.2, 0.25) is 0 Å². The molecular weight excluding hydrogens is 561 g/mol. The Balaban J connectivity index is 1.29. The molecule has 0 radical (unpaired) electrons. The molecule has 0 aromatic heterocycles. The van der Waals surface area contributed by atoms with E-state index in [9.17, 15) is 28.4 Å². The third-order valence-electron chi connectivity index (χ3n) is 7.47. The number of carbonyl (C=O) groups excluding carboxylic acids is 5. The molecule has 232 valence electrons. The first-order valence-corrected chi connectivity index (χ1v) is 15.9. The van der Waals surface area contributed by atoms with E-state index in [0.717, 1.165) is 25.0 Å². The Labute approximate surface area is 251 Å². The number of carbonyl (C=O) groups is 5. The average Bonchev–Trinajstić information content (AvgIpc) is 3.49. The van der Waals surface area contributed by atoms with E-state index in [4.69, 9.17) is 0 Å². The van der Waals surface area contributed by atoms with Crippen LogP contribution >= 0.6 is 11.8 Å². The predicted molar refractivity (Wildman–Crippen MR) is 160 cm³/mol. The van der Waals surface area contributed by atoms with Gasteiger partial charge in [0, 0.05) is 24.0 Å². The van der Waals surface area contributed by atoms with Crippen molar-refractivity contribution in [1.29, 1.82) is 0 Å². The van der Waals surface area contributed by atoms with Crippen molar-refractivity contribution in [1.82, 2.24) is 26.6 Å². The molecule has 2 heterocycles. The maximum atomic E-state index is 13.1. The lowest BCUT2D eigenvalue weighted by atomic mass is 10.0. The van der Waals surface area contributed by atoms with Crippen LogP contribution in [0.1, 0.15) is 70.8 Å². The zero-order valence-corrected chi connectivity index (χ0v) is 25.3. The Morgan fingerprint density at radius 2 is 1.81 bits per heavy atom. The van der Waals surface area contributed by atoms with Crippen molar-refractivity contribution in [3.05, 3.63) is 35.6 Å². The molecule has 42 heavy (non-hydrogen) atoms. The first-order chi connectivity index (χ1) is 20.1. The molecule has 0 bridgehead atoms. The van der Waals surface area contributed by atoms with Crippen molar-refractivity contribution in [2.75, 3.05) is 12.3 Å². The summed E-state index contributed by atoms with van der Waals surface area (Å²) in [6.45, 7) is 4.37. The monoisotopic (exact) mass is 605 g/mol. The van der Waals surface area contributed by atoms with Crippen molar-refractivity contribution >= 4 is 41.8 Å². The lowest BCUT2D eigenvalue weighted by Crippen LogP contribution is -2.50. The molecule has 3 rings (SSSR count). The minimum atomic E-state index is -0.790. The highest BCUT2D eigenvalue weighted by Gasteiger charge is 2.42.